The molecule has 0 atom stereocenters. The highest BCUT2D eigenvalue weighted by molar-refractivity contribution is 5.96. The molecule has 20 heavy (non-hydrogen) atoms. The van der Waals surface area contributed by atoms with Gasteiger partial charge < -0.3 is 10.4 Å². The van der Waals surface area contributed by atoms with Crippen LogP contribution < -0.4 is 5.32 Å². The van der Waals surface area contributed by atoms with Crippen molar-refractivity contribution in [2.45, 2.75) is 26.2 Å². The number of carbonyl (C=O) groups excluding carboxylic acids is 1. The first kappa shape index (κ1) is 14.3. The summed E-state index contributed by atoms with van der Waals surface area (Å²) in [5.74, 6) is -0.295. The van der Waals surface area contributed by atoms with E-state index in [-0.39, 0.29) is 5.91 Å². The lowest BCUT2D eigenvalue weighted by Gasteiger charge is -2.08. The van der Waals surface area contributed by atoms with Gasteiger partial charge in [0.2, 0.25) is 0 Å². The number of hydrogen-bond acceptors (Lipinski definition) is 2. The standard InChI is InChI=1S/C16H19NO3/c1-11-2-3-13(6-7-15(18)19)10-14(11)16(20)17-9-8-12-4-5-12/h2-3,6-7,10,12H,4-5,8-9H2,1H3,(H,17,20)(H,18,19). The molecule has 0 heterocycles. The van der Waals surface area contributed by atoms with Gasteiger partial charge in [0.25, 0.3) is 5.91 Å². The average Bonchev–Trinajstić information content (AvgIpc) is 3.21. The van der Waals surface area contributed by atoms with Gasteiger partial charge in [-0.15, -0.1) is 0 Å². The van der Waals surface area contributed by atoms with Crippen LogP contribution in [0, 0.1) is 12.8 Å². The Morgan fingerprint density at radius 1 is 1.40 bits per heavy atom. The predicted octanol–water partition coefficient (Wildman–Crippen LogP) is 2.62. The molecule has 4 nitrogen and oxygen atoms in total. The molecule has 1 aliphatic rings. The van der Waals surface area contributed by atoms with Crippen LogP contribution in [0.4, 0.5) is 0 Å². The Balaban J connectivity index is 2.02. The van der Waals surface area contributed by atoms with E-state index >= 15 is 0 Å². The summed E-state index contributed by atoms with van der Waals surface area (Å²) in [7, 11) is 0. The summed E-state index contributed by atoms with van der Waals surface area (Å²) < 4.78 is 0. The van der Waals surface area contributed by atoms with Crippen LogP contribution in [0.5, 0.6) is 0 Å². The van der Waals surface area contributed by atoms with Crippen LogP contribution in [0.3, 0.4) is 0 Å². The second kappa shape index (κ2) is 6.37. The van der Waals surface area contributed by atoms with Gasteiger partial charge in [-0.05, 0) is 42.5 Å². The van der Waals surface area contributed by atoms with Crippen LogP contribution >= 0.6 is 0 Å². The van der Waals surface area contributed by atoms with E-state index in [0.717, 1.165) is 24.0 Å². The summed E-state index contributed by atoms with van der Waals surface area (Å²) in [6.07, 6.45) is 6.17. The van der Waals surface area contributed by atoms with Gasteiger partial charge in [0.05, 0.1) is 0 Å². The molecule has 0 spiro atoms. The molecule has 4 heteroatoms. The topological polar surface area (TPSA) is 66.4 Å². The van der Waals surface area contributed by atoms with Crippen molar-refractivity contribution in [3.05, 3.63) is 41.0 Å². The maximum absolute atomic E-state index is 12.1. The molecule has 1 fully saturated rings. The van der Waals surface area contributed by atoms with Crippen molar-refractivity contribution >= 4 is 18.0 Å². The third-order valence-electron chi connectivity index (χ3n) is 3.46. The van der Waals surface area contributed by atoms with E-state index < -0.39 is 5.97 Å². The van der Waals surface area contributed by atoms with Gasteiger partial charge in [0.15, 0.2) is 0 Å². The van der Waals surface area contributed by atoms with Gasteiger partial charge in [0, 0.05) is 18.2 Å². The van der Waals surface area contributed by atoms with Crippen molar-refractivity contribution < 1.29 is 14.7 Å². The van der Waals surface area contributed by atoms with E-state index in [4.69, 9.17) is 5.11 Å². The molecule has 1 amide bonds. The van der Waals surface area contributed by atoms with Gasteiger partial charge in [-0.25, -0.2) is 4.79 Å². The fourth-order valence-electron chi connectivity index (χ4n) is 2.05. The molecule has 0 radical (unpaired) electrons. The average molecular weight is 273 g/mol. The molecule has 1 aromatic rings. The fraction of sp³-hybridized carbons (Fsp3) is 0.375. The smallest absolute Gasteiger partial charge is 0.328 e. The number of carboxylic acids is 1. The first-order chi connectivity index (χ1) is 9.56. The molecule has 106 valence electrons. The molecule has 0 saturated heterocycles. The Morgan fingerprint density at radius 2 is 2.15 bits per heavy atom. The molecule has 0 bridgehead atoms. The number of carboxylic acid groups (broad SMARTS) is 1. The second-order valence-electron chi connectivity index (χ2n) is 5.23. The minimum atomic E-state index is -0.999. The summed E-state index contributed by atoms with van der Waals surface area (Å²) >= 11 is 0. The first-order valence-electron chi connectivity index (χ1n) is 6.86. The Labute approximate surface area is 118 Å². The van der Waals surface area contributed by atoms with Crippen molar-refractivity contribution in [3.8, 4) is 0 Å². The lowest BCUT2D eigenvalue weighted by molar-refractivity contribution is -0.131. The van der Waals surface area contributed by atoms with E-state index in [2.05, 4.69) is 5.32 Å². The van der Waals surface area contributed by atoms with Crippen molar-refractivity contribution in [1.29, 1.82) is 0 Å². The van der Waals surface area contributed by atoms with Gasteiger partial charge in [-0.1, -0.05) is 25.0 Å². The summed E-state index contributed by atoms with van der Waals surface area (Å²) in [5.41, 5.74) is 2.21. The van der Waals surface area contributed by atoms with Crippen LogP contribution in [0.25, 0.3) is 6.08 Å². The van der Waals surface area contributed by atoms with Crippen LogP contribution in [0.2, 0.25) is 0 Å². The minimum absolute atomic E-state index is 0.0891. The molecule has 2 N–H and O–H groups in total. The number of aryl methyl sites for hydroxylation is 1. The van der Waals surface area contributed by atoms with Gasteiger partial charge in [0.1, 0.15) is 0 Å². The fourth-order valence-corrected chi connectivity index (χ4v) is 2.05. The number of nitrogens with one attached hydrogen (secondary N) is 1. The van der Waals surface area contributed by atoms with Crippen LogP contribution in [-0.4, -0.2) is 23.5 Å². The van der Waals surface area contributed by atoms with E-state index in [1.54, 1.807) is 12.1 Å². The molecule has 1 aliphatic carbocycles. The highest BCUT2D eigenvalue weighted by Crippen LogP contribution is 2.31. The van der Waals surface area contributed by atoms with E-state index in [0.29, 0.717) is 17.7 Å². The van der Waals surface area contributed by atoms with Crippen molar-refractivity contribution in [2.75, 3.05) is 6.54 Å². The number of amides is 1. The molecule has 1 aromatic carbocycles. The molecule has 0 unspecified atom stereocenters. The molecule has 1 saturated carbocycles. The van der Waals surface area contributed by atoms with Crippen molar-refractivity contribution in [3.63, 3.8) is 0 Å². The Hall–Kier alpha value is -2.10. The summed E-state index contributed by atoms with van der Waals surface area (Å²) in [5, 5.41) is 11.5. The van der Waals surface area contributed by atoms with Gasteiger partial charge in [-0.3, -0.25) is 4.79 Å². The summed E-state index contributed by atoms with van der Waals surface area (Å²) in [6, 6.07) is 5.36. The van der Waals surface area contributed by atoms with E-state index in [1.807, 2.05) is 13.0 Å². The normalized spacial score (nSPS) is 14.4. The zero-order valence-electron chi connectivity index (χ0n) is 11.6. The lowest BCUT2D eigenvalue weighted by atomic mass is 10.0. The number of rotatable bonds is 6. The second-order valence-corrected chi connectivity index (χ2v) is 5.23. The quantitative estimate of drug-likeness (QED) is 0.783. The minimum Gasteiger partial charge on any atom is -0.478 e. The monoisotopic (exact) mass is 273 g/mol. The van der Waals surface area contributed by atoms with E-state index in [1.165, 1.54) is 18.9 Å². The Kier molecular flexibility index (Phi) is 4.56. The predicted molar refractivity (Wildman–Crippen MR) is 77.5 cm³/mol. The van der Waals surface area contributed by atoms with Crippen molar-refractivity contribution in [1.82, 2.24) is 5.32 Å². The first-order valence-corrected chi connectivity index (χ1v) is 6.86. The highest BCUT2D eigenvalue weighted by Gasteiger charge is 2.20. The number of aliphatic carboxylic acids is 1. The molecule has 2 rings (SSSR count). The summed E-state index contributed by atoms with van der Waals surface area (Å²) in [4.78, 5) is 22.6. The van der Waals surface area contributed by atoms with Gasteiger partial charge >= 0.3 is 5.97 Å². The number of benzene rings is 1. The Bertz CT molecular complexity index is 545. The van der Waals surface area contributed by atoms with Crippen LogP contribution in [0.15, 0.2) is 24.3 Å². The summed E-state index contributed by atoms with van der Waals surface area (Å²) in [6.45, 7) is 2.58. The maximum atomic E-state index is 12.1. The maximum Gasteiger partial charge on any atom is 0.328 e. The largest absolute Gasteiger partial charge is 0.478 e. The molecule has 0 aromatic heterocycles. The van der Waals surface area contributed by atoms with Crippen LogP contribution in [-0.2, 0) is 4.79 Å². The highest BCUT2D eigenvalue weighted by atomic mass is 16.4. The zero-order chi connectivity index (χ0) is 14.5. The van der Waals surface area contributed by atoms with Gasteiger partial charge in [-0.2, -0.15) is 0 Å². The SMILES string of the molecule is Cc1ccc(C=CC(=O)O)cc1C(=O)NCCC1CC1. The third kappa shape index (κ3) is 4.23. The molecular weight excluding hydrogens is 254 g/mol. The molecular formula is C16H19NO3. The molecule has 0 aliphatic heterocycles. The number of hydrogen-bond donors (Lipinski definition) is 2. The van der Waals surface area contributed by atoms with E-state index in [9.17, 15) is 9.59 Å². The lowest BCUT2D eigenvalue weighted by Crippen LogP contribution is -2.25. The third-order valence-corrected chi connectivity index (χ3v) is 3.46. The Morgan fingerprint density at radius 3 is 2.80 bits per heavy atom. The van der Waals surface area contributed by atoms with Crippen LogP contribution in [0.1, 0.15) is 40.7 Å². The number of carbonyl (C=O) groups is 2. The van der Waals surface area contributed by atoms with Crippen molar-refractivity contribution in [2.24, 2.45) is 5.92 Å². The zero-order valence-corrected chi connectivity index (χ0v) is 11.6.